The van der Waals surface area contributed by atoms with Gasteiger partial charge in [0.2, 0.25) is 5.91 Å². The number of aromatic nitrogens is 3. The smallest absolute Gasteiger partial charge is 0.269 e. The summed E-state index contributed by atoms with van der Waals surface area (Å²) in [6, 6.07) is 12.6. The van der Waals surface area contributed by atoms with E-state index in [0.29, 0.717) is 42.8 Å². The van der Waals surface area contributed by atoms with Gasteiger partial charge in [-0.05, 0) is 61.7 Å². The van der Waals surface area contributed by atoms with Gasteiger partial charge in [0.15, 0.2) is 0 Å². The SMILES string of the molecule is Cc1cc(-c2ncccc2-c2ccc3ncc(C(=O)NCCCN4CCCC4=O)n3c2)ccc1F. The molecule has 1 aromatic carbocycles. The second-order valence-electron chi connectivity index (χ2n) is 8.75. The molecule has 0 spiro atoms. The summed E-state index contributed by atoms with van der Waals surface area (Å²) in [6.07, 6.45) is 7.38. The molecule has 8 heteroatoms. The summed E-state index contributed by atoms with van der Waals surface area (Å²) in [5, 5.41) is 2.94. The largest absolute Gasteiger partial charge is 0.351 e. The third-order valence-electron chi connectivity index (χ3n) is 6.35. The highest BCUT2D eigenvalue weighted by Gasteiger charge is 2.19. The van der Waals surface area contributed by atoms with Crippen molar-refractivity contribution in [2.24, 2.45) is 0 Å². The Kier molecular flexibility index (Phi) is 6.27. The summed E-state index contributed by atoms with van der Waals surface area (Å²) < 4.78 is 15.6. The highest BCUT2D eigenvalue weighted by atomic mass is 19.1. The minimum absolute atomic E-state index is 0.191. The quantitative estimate of drug-likeness (QED) is 0.409. The van der Waals surface area contributed by atoms with Crippen LogP contribution in [0.4, 0.5) is 4.39 Å². The Morgan fingerprint density at radius 3 is 2.80 bits per heavy atom. The molecular weight excluding hydrogens is 445 g/mol. The lowest BCUT2D eigenvalue weighted by atomic mass is 9.99. The van der Waals surface area contributed by atoms with E-state index in [9.17, 15) is 14.0 Å². The molecule has 1 fully saturated rings. The van der Waals surface area contributed by atoms with E-state index < -0.39 is 0 Å². The van der Waals surface area contributed by atoms with Crippen LogP contribution in [0.25, 0.3) is 28.0 Å². The molecule has 7 nitrogen and oxygen atoms in total. The first-order valence-electron chi connectivity index (χ1n) is 11.8. The summed E-state index contributed by atoms with van der Waals surface area (Å²) in [6.45, 7) is 3.67. The summed E-state index contributed by atoms with van der Waals surface area (Å²) in [7, 11) is 0. The minimum atomic E-state index is -0.256. The molecule has 1 aliphatic rings. The molecule has 1 saturated heterocycles. The van der Waals surface area contributed by atoms with E-state index in [1.165, 1.54) is 6.07 Å². The number of halogens is 1. The molecule has 35 heavy (non-hydrogen) atoms. The van der Waals surface area contributed by atoms with Crippen LogP contribution in [0.5, 0.6) is 0 Å². The third-order valence-corrected chi connectivity index (χ3v) is 6.35. The first-order chi connectivity index (χ1) is 17.0. The lowest BCUT2D eigenvalue weighted by Gasteiger charge is -2.15. The average Bonchev–Trinajstić information content (AvgIpc) is 3.49. The van der Waals surface area contributed by atoms with E-state index in [1.54, 1.807) is 35.9 Å². The zero-order chi connectivity index (χ0) is 24.4. The number of nitrogens with zero attached hydrogens (tertiary/aromatic N) is 4. The number of likely N-dealkylation sites (tertiary alicyclic amines) is 1. The number of carbonyl (C=O) groups excluding carboxylic acids is 2. The molecule has 0 aliphatic carbocycles. The highest BCUT2D eigenvalue weighted by Crippen LogP contribution is 2.31. The monoisotopic (exact) mass is 471 g/mol. The molecule has 4 heterocycles. The van der Waals surface area contributed by atoms with Crippen LogP contribution in [0.3, 0.4) is 0 Å². The zero-order valence-electron chi connectivity index (χ0n) is 19.5. The molecule has 1 N–H and O–H groups in total. The molecule has 3 aromatic heterocycles. The van der Waals surface area contributed by atoms with E-state index in [1.807, 2.05) is 35.4 Å². The van der Waals surface area contributed by atoms with Crippen molar-refractivity contribution in [2.75, 3.05) is 19.6 Å². The Morgan fingerprint density at radius 1 is 1.14 bits per heavy atom. The van der Waals surface area contributed by atoms with Gasteiger partial charge in [-0.15, -0.1) is 0 Å². The van der Waals surface area contributed by atoms with Crippen LogP contribution in [0.1, 0.15) is 35.3 Å². The number of pyridine rings is 2. The van der Waals surface area contributed by atoms with Crippen LogP contribution in [-0.2, 0) is 4.79 Å². The zero-order valence-corrected chi connectivity index (χ0v) is 19.5. The van der Waals surface area contributed by atoms with Crippen LogP contribution in [0, 0.1) is 12.7 Å². The maximum absolute atomic E-state index is 13.8. The molecule has 0 atom stereocenters. The molecule has 0 unspecified atom stereocenters. The van der Waals surface area contributed by atoms with Crippen LogP contribution >= 0.6 is 0 Å². The molecule has 0 saturated carbocycles. The summed E-state index contributed by atoms with van der Waals surface area (Å²) in [5.41, 5.74) is 4.93. The summed E-state index contributed by atoms with van der Waals surface area (Å²) >= 11 is 0. The van der Waals surface area contributed by atoms with Gasteiger partial charge in [0.05, 0.1) is 11.9 Å². The van der Waals surface area contributed by atoms with Gasteiger partial charge in [-0.3, -0.25) is 19.0 Å². The number of nitrogens with one attached hydrogen (secondary N) is 1. The normalized spacial score (nSPS) is 13.5. The van der Waals surface area contributed by atoms with Gasteiger partial charge in [-0.1, -0.05) is 6.07 Å². The van der Waals surface area contributed by atoms with Crippen molar-refractivity contribution in [3.8, 4) is 22.4 Å². The van der Waals surface area contributed by atoms with Gasteiger partial charge in [0, 0.05) is 55.1 Å². The highest BCUT2D eigenvalue weighted by molar-refractivity contribution is 5.93. The van der Waals surface area contributed by atoms with Crippen molar-refractivity contribution in [1.29, 1.82) is 0 Å². The lowest BCUT2D eigenvalue weighted by Crippen LogP contribution is -2.31. The van der Waals surface area contributed by atoms with Crippen LogP contribution in [0.15, 0.2) is 61.1 Å². The van der Waals surface area contributed by atoms with Crippen LogP contribution < -0.4 is 5.32 Å². The topological polar surface area (TPSA) is 79.6 Å². The van der Waals surface area contributed by atoms with Crippen molar-refractivity contribution in [3.05, 3.63) is 78.1 Å². The van der Waals surface area contributed by atoms with Crippen molar-refractivity contribution < 1.29 is 14.0 Å². The van der Waals surface area contributed by atoms with E-state index in [2.05, 4.69) is 15.3 Å². The Hall–Kier alpha value is -4.07. The fourth-order valence-corrected chi connectivity index (χ4v) is 4.47. The Morgan fingerprint density at radius 2 is 2.00 bits per heavy atom. The first-order valence-corrected chi connectivity index (χ1v) is 11.8. The lowest BCUT2D eigenvalue weighted by molar-refractivity contribution is -0.127. The summed E-state index contributed by atoms with van der Waals surface area (Å²) in [5.74, 6) is -0.284. The van der Waals surface area contributed by atoms with Crippen LogP contribution in [-0.4, -0.2) is 50.7 Å². The standard InChI is InChI=1S/C27H26FN5O2/c1-18-15-19(7-9-22(18)28)26-21(5-2-11-29-26)20-8-10-24-31-16-23(33(24)17-20)27(35)30-12-4-14-32-13-3-6-25(32)34/h2,5,7-11,15-17H,3-4,6,12-14H2,1H3,(H,30,35). The summed E-state index contributed by atoms with van der Waals surface area (Å²) in [4.78, 5) is 35.4. The fourth-order valence-electron chi connectivity index (χ4n) is 4.47. The third kappa shape index (κ3) is 4.64. The Labute approximate surface area is 202 Å². The average molecular weight is 472 g/mol. The number of amides is 2. The molecule has 0 radical (unpaired) electrons. The fraction of sp³-hybridized carbons (Fsp3) is 0.259. The molecule has 1 aliphatic heterocycles. The molecule has 4 aromatic rings. The number of imidazole rings is 1. The van der Waals surface area contributed by atoms with Gasteiger partial charge in [-0.25, -0.2) is 9.37 Å². The van der Waals surface area contributed by atoms with E-state index in [0.717, 1.165) is 35.3 Å². The number of carbonyl (C=O) groups is 2. The van der Waals surface area contributed by atoms with E-state index in [4.69, 9.17) is 0 Å². The van der Waals surface area contributed by atoms with Gasteiger partial charge in [0.1, 0.15) is 17.2 Å². The van der Waals surface area contributed by atoms with E-state index in [-0.39, 0.29) is 17.6 Å². The second kappa shape index (κ2) is 9.66. The number of fused-ring (bicyclic) bond motifs is 1. The maximum atomic E-state index is 13.8. The van der Waals surface area contributed by atoms with Crippen molar-refractivity contribution in [1.82, 2.24) is 24.6 Å². The second-order valence-corrected chi connectivity index (χ2v) is 8.75. The van der Waals surface area contributed by atoms with Gasteiger partial charge in [0.25, 0.3) is 5.91 Å². The predicted molar refractivity (Wildman–Crippen MR) is 131 cm³/mol. The van der Waals surface area contributed by atoms with Crippen molar-refractivity contribution >= 4 is 17.5 Å². The Balaban J connectivity index is 1.37. The van der Waals surface area contributed by atoms with Gasteiger partial charge in [-0.2, -0.15) is 0 Å². The number of aryl methyl sites for hydroxylation is 1. The molecule has 5 rings (SSSR count). The number of hydrogen-bond acceptors (Lipinski definition) is 4. The maximum Gasteiger partial charge on any atom is 0.269 e. The molecular formula is C27H26FN5O2. The number of benzene rings is 1. The first kappa shape index (κ1) is 22.7. The van der Waals surface area contributed by atoms with Crippen molar-refractivity contribution in [3.63, 3.8) is 0 Å². The Bertz CT molecular complexity index is 1410. The molecule has 178 valence electrons. The van der Waals surface area contributed by atoms with Crippen LogP contribution in [0.2, 0.25) is 0 Å². The number of rotatable bonds is 7. The van der Waals surface area contributed by atoms with E-state index >= 15 is 0 Å². The van der Waals surface area contributed by atoms with Gasteiger partial charge < -0.3 is 10.2 Å². The predicted octanol–water partition coefficient (Wildman–Crippen LogP) is 4.25. The minimum Gasteiger partial charge on any atom is -0.351 e. The number of hydrogen-bond donors (Lipinski definition) is 1. The molecule has 2 amide bonds. The van der Waals surface area contributed by atoms with Crippen molar-refractivity contribution in [2.45, 2.75) is 26.2 Å². The molecule has 0 bridgehead atoms. The van der Waals surface area contributed by atoms with Gasteiger partial charge >= 0.3 is 0 Å².